The fourth-order valence-corrected chi connectivity index (χ4v) is 2.19. The topological polar surface area (TPSA) is 78.9 Å². The van der Waals surface area contributed by atoms with Crippen molar-refractivity contribution in [2.45, 2.75) is 25.3 Å². The molecule has 1 aliphatic rings. The van der Waals surface area contributed by atoms with E-state index in [2.05, 4.69) is 27.3 Å². The summed E-state index contributed by atoms with van der Waals surface area (Å²) in [6, 6.07) is 7.17. The third kappa shape index (κ3) is 3.31. The molecule has 1 atom stereocenters. The molecule has 1 aromatic rings. The van der Waals surface area contributed by atoms with E-state index in [-0.39, 0.29) is 11.9 Å². The van der Waals surface area contributed by atoms with E-state index >= 15 is 0 Å². The van der Waals surface area contributed by atoms with Crippen molar-refractivity contribution in [2.75, 3.05) is 5.32 Å². The van der Waals surface area contributed by atoms with Gasteiger partial charge in [0.1, 0.15) is 6.07 Å². The minimum atomic E-state index is -0.131. The second kappa shape index (κ2) is 5.51. The lowest BCUT2D eigenvalue weighted by Gasteiger charge is -2.11. The Morgan fingerprint density at radius 1 is 1.61 bits per heavy atom. The quantitative estimate of drug-likeness (QED) is 0.896. The van der Waals surface area contributed by atoms with Crippen molar-refractivity contribution in [2.24, 2.45) is 11.7 Å². The lowest BCUT2D eigenvalue weighted by Crippen LogP contribution is -2.29. The van der Waals surface area contributed by atoms with E-state index in [1.165, 1.54) is 0 Å². The summed E-state index contributed by atoms with van der Waals surface area (Å²) in [6.07, 6.45) is 2.55. The Kier molecular flexibility index (Phi) is 4.00. The van der Waals surface area contributed by atoms with Gasteiger partial charge in [0.2, 0.25) is 5.91 Å². The lowest BCUT2D eigenvalue weighted by atomic mass is 10.1. The Balaban J connectivity index is 2.00. The average molecular weight is 308 g/mol. The maximum Gasteiger partial charge on any atom is 0.225 e. The molecule has 1 aliphatic carbocycles. The van der Waals surface area contributed by atoms with Crippen molar-refractivity contribution in [3.05, 3.63) is 28.2 Å². The highest BCUT2D eigenvalue weighted by molar-refractivity contribution is 9.10. The molecule has 1 amide bonds. The molecule has 5 heteroatoms. The van der Waals surface area contributed by atoms with Crippen LogP contribution in [0.5, 0.6) is 0 Å². The zero-order chi connectivity index (χ0) is 13.1. The van der Waals surface area contributed by atoms with Crippen molar-refractivity contribution in [3.63, 3.8) is 0 Å². The molecular weight excluding hydrogens is 294 g/mol. The van der Waals surface area contributed by atoms with Gasteiger partial charge in [-0.15, -0.1) is 0 Å². The summed E-state index contributed by atoms with van der Waals surface area (Å²) in [6.45, 7) is 0. The van der Waals surface area contributed by atoms with Gasteiger partial charge in [-0.2, -0.15) is 5.26 Å². The number of halogens is 1. The average Bonchev–Trinajstić information content (AvgIpc) is 3.15. The van der Waals surface area contributed by atoms with Gasteiger partial charge in [-0.1, -0.05) is 15.9 Å². The number of benzene rings is 1. The zero-order valence-electron chi connectivity index (χ0n) is 9.82. The molecule has 0 heterocycles. The molecule has 0 aliphatic heterocycles. The smallest absolute Gasteiger partial charge is 0.225 e. The van der Waals surface area contributed by atoms with Crippen LogP contribution < -0.4 is 11.1 Å². The normalized spacial score (nSPS) is 15.8. The summed E-state index contributed by atoms with van der Waals surface area (Å²) in [5.74, 6) is 0.365. The predicted molar refractivity (Wildman–Crippen MR) is 72.8 cm³/mol. The Morgan fingerprint density at radius 3 is 2.94 bits per heavy atom. The predicted octanol–water partition coefficient (Wildman–Crippen LogP) is 2.39. The van der Waals surface area contributed by atoms with Crippen LogP contribution in [0.3, 0.4) is 0 Å². The number of nitrogens with zero attached hydrogens (tertiary/aromatic N) is 1. The highest BCUT2D eigenvalue weighted by atomic mass is 79.9. The number of carbonyl (C=O) groups is 1. The first kappa shape index (κ1) is 13.1. The van der Waals surface area contributed by atoms with Crippen LogP contribution >= 0.6 is 15.9 Å². The second-order valence-electron chi connectivity index (χ2n) is 4.56. The molecule has 3 N–H and O–H groups in total. The van der Waals surface area contributed by atoms with Gasteiger partial charge in [0.25, 0.3) is 0 Å². The molecule has 18 heavy (non-hydrogen) atoms. The largest absolute Gasteiger partial charge is 0.327 e. The number of nitriles is 1. The summed E-state index contributed by atoms with van der Waals surface area (Å²) in [4.78, 5) is 11.8. The molecule has 0 saturated heterocycles. The summed E-state index contributed by atoms with van der Waals surface area (Å²) < 4.78 is 0.812. The first-order valence-corrected chi connectivity index (χ1v) is 6.64. The van der Waals surface area contributed by atoms with Crippen molar-refractivity contribution in [1.29, 1.82) is 5.26 Å². The highest BCUT2D eigenvalue weighted by Crippen LogP contribution is 2.33. The van der Waals surface area contributed by atoms with Crippen LogP contribution in [0.2, 0.25) is 0 Å². The van der Waals surface area contributed by atoms with Crippen LogP contribution in [-0.2, 0) is 4.79 Å². The van der Waals surface area contributed by atoms with Crippen molar-refractivity contribution in [1.82, 2.24) is 0 Å². The van der Waals surface area contributed by atoms with Gasteiger partial charge < -0.3 is 11.1 Å². The van der Waals surface area contributed by atoms with Crippen LogP contribution in [0.15, 0.2) is 22.7 Å². The molecule has 1 saturated carbocycles. The molecule has 94 valence electrons. The van der Waals surface area contributed by atoms with Crippen LogP contribution in [0, 0.1) is 17.2 Å². The third-order valence-corrected chi connectivity index (χ3v) is 3.52. The van der Waals surface area contributed by atoms with Crippen molar-refractivity contribution < 1.29 is 4.79 Å². The van der Waals surface area contributed by atoms with Gasteiger partial charge in [-0.3, -0.25) is 4.79 Å². The number of carbonyl (C=O) groups excluding carboxylic acids is 1. The molecule has 0 radical (unpaired) electrons. The van der Waals surface area contributed by atoms with Gasteiger partial charge >= 0.3 is 0 Å². The molecule has 2 rings (SSSR count). The van der Waals surface area contributed by atoms with E-state index in [0.717, 1.165) is 17.3 Å². The fraction of sp³-hybridized carbons (Fsp3) is 0.385. The molecule has 0 spiro atoms. The molecule has 1 fully saturated rings. The number of rotatable bonds is 4. The monoisotopic (exact) mass is 307 g/mol. The summed E-state index contributed by atoms with van der Waals surface area (Å²) in [7, 11) is 0. The summed E-state index contributed by atoms with van der Waals surface area (Å²) >= 11 is 3.29. The molecule has 1 aromatic carbocycles. The Labute approximate surface area is 114 Å². The number of nitrogens with one attached hydrogen (secondary N) is 1. The molecule has 4 nitrogen and oxygen atoms in total. The van der Waals surface area contributed by atoms with Crippen molar-refractivity contribution in [3.8, 4) is 6.07 Å². The van der Waals surface area contributed by atoms with E-state index in [1.807, 2.05) is 0 Å². The zero-order valence-corrected chi connectivity index (χ0v) is 11.4. The standard InChI is InChI=1S/C13H14BrN3O/c14-10-3-4-12(9(5-10)7-15)17-13(18)6-11(16)8-1-2-8/h3-5,8,11H,1-2,6,16H2,(H,17,18). The van der Waals surface area contributed by atoms with Crippen LogP contribution in [0.1, 0.15) is 24.8 Å². The number of nitrogens with two attached hydrogens (primary N) is 1. The van der Waals surface area contributed by atoms with E-state index in [4.69, 9.17) is 11.0 Å². The first-order valence-electron chi connectivity index (χ1n) is 5.85. The molecular formula is C13H14BrN3O. The van der Waals surface area contributed by atoms with Gasteiger partial charge in [-0.05, 0) is 37.0 Å². The van der Waals surface area contributed by atoms with E-state index in [0.29, 0.717) is 23.6 Å². The molecule has 0 aromatic heterocycles. The SMILES string of the molecule is N#Cc1cc(Br)ccc1NC(=O)CC(N)C1CC1. The summed E-state index contributed by atoms with van der Waals surface area (Å²) in [5, 5.41) is 11.7. The first-order chi connectivity index (χ1) is 8.60. The lowest BCUT2D eigenvalue weighted by molar-refractivity contribution is -0.116. The minimum absolute atomic E-state index is 0.0639. The third-order valence-electron chi connectivity index (χ3n) is 3.02. The van der Waals surface area contributed by atoms with Crippen LogP contribution in [0.25, 0.3) is 0 Å². The number of hydrogen-bond acceptors (Lipinski definition) is 3. The van der Waals surface area contributed by atoms with Gasteiger partial charge in [0.05, 0.1) is 11.3 Å². The van der Waals surface area contributed by atoms with Gasteiger partial charge in [0.15, 0.2) is 0 Å². The number of amides is 1. The van der Waals surface area contributed by atoms with Gasteiger partial charge in [-0.25, -0.2) is 0 Å². The van der Waals surface area contributed by atoms with Gasteiger partial charge in [0, 0.05) is 16.9 Å². The van der Waals surface area contributed by atoms with Crippen LogP contribution in [0.4, 0.5) is 5.69 Å². The minimum Gasteiger partial charge on any atom is -0.327 e. The Morgan fingerprint density at radius 2 is 2.33 bits per heavy atom. The Bertz CT molecular complexity index is 505. The van der Waals surface area contributed by atoms with Crippen molar-refractivity contribution >= 4 is 27.5 Å². The number of hydrogen-bond donors (Lipinski definition) is 2. The van der Waals surface area contributed by atoms with E-state index < -0.39 is 0 Å². The fourth-order valence-electron chi connectivity index (χ4n) is 1.82. The molecule has 1 unspecified atom stereocenters. The highest BCUT2D eigenvalue weighted by Gasteiger charge is 2.29. The second-order valence-corrected chi connectivity index (χ2v) is 5.47. The summed E-state index contributed by atoms with van der Waals surface area (Å²) in [5.41, 5.74) is 6.87. The van der Waals surface area contributed by atoms with E-state index in [9.17, 15) is 4.79 Å². The maximum atomic E-state index is 11.8. The Hall–Kier alpha value is -1.38. The van der Waals surface area contributed by atoms with Crippen LogP contribution in [-0.4, -0.2) is 11.9 Å². The maximum absolute atomic E-state index is 11.8. The van der Waals surface area contributed by atoms with E-state index in [1.54, 1.807) is 18.2 Å². The number of anilines is 1. The molecule has 0 bridgehead atoms.